The maximum absolute atomic E-state index is 3.77. The monoisotopic (exact) mass is 640 g/mol. The Balaban J connectivity index is 1.32. The van der Waals surface area contributed by atoms with Crippen LogP contribution in [0.4, 0.5) is 17.1 Å². The third-order valence-corrected chi connectivity index (χ3v) is 9.14. The van der Waals surface area contributed by atoms with Crippen molar-refractivity contribution in [2.75, 3.05) is 4.90 Å². The summed E-state index contributed by atoms with van der Waals surface area (Å²) in [7, 11) is 0. The van der Waals surface area contributed by atoms with Gasteiger partial charge in [0.2, 0.25) is 0 Å². The molecule has 3 heteroatoms. The van der Waals surface area contributed by atoms with Crippen molar-refractivity contribution in [1.82, 2.24) is 4.57 Å². The van der Waals surface area contributed by atoms with Gasteiger partial charge in [-0.15, -0.1) is 0 Å². The van der Waals surface area contributed by atoms with Crippen molar-refractivity contribution in [2.24, 2.45) is 0 Å². The Morgan fingerprint density at radius 3 is 1.80 bits per heavy atom. The third-order valence-electron chi connectivity index (χ3n) is 8.45. The fraction of sp³-hybridized carbons (Fsp3) is 0. The number of nitrogens with zero attached hydrogens (tertiary/aromatic N) is 2. The molecular weight excluding hydrogens is 612 g/mol. The van der Waals surface area contributed by atoms with Crippen LogP contribution in [0.2, 0.25) is 0 Å². The minimum Gasteiger partial charge on any atom is -0.310 e. The summed E-state index contributed by atoms with van der Waals surface area (Å²) >= 11 is 3.77. The second-order valence-electron chi connectivity index (χ2n) is 11.2. The second kappa shape index (κ2) is 11.6. The lowest BCUT2D eigenvalue weighted by Gasteiger charge is -2.26. The molecule has 8 aromatic rings. The molecule has 0 spiro atoms. The Hall–Kier alpha value is -5.38. The molecule has 0 amide bonds. The van der Waals surface area contributed by atoms with Gasteiger partial charge in [0, 0.05) is 38.0 Å². The van der Waals surface area contributed by atoms with Crippen LogP contribution < -0.4 is 4.90 Å². The average molecular weight is 642 g/mol. The van der Waals surface area contributed by atoms with Gasteiger partial charge in [-0.25, -0.2) is 0 Å². The maximum Gasteiger partial charge on any atom is 0.0542 e. The summed E-state index contributed by atoms with van der Waals surface area (Å²) < 4.78 is 3.44. The summed E-state index contributed by atoms with van der Waals surface area (Å²) in [4.78, 5) is 2.36. The number of fused-ring (bicyclic) bond motifs is 3. The highest BCUT2D eigenvalue weighted by atomic mass is 79.9. The summed E-state index contributed by atoms with van der Waals surface area (Å²) in [6.07, 6.45) is 0. The Morgan fingerprint density at radius 1 is 0.400 bits per heavy atom. The fourth-order valence-corrected chi connectivity index (χ4v) is 6.86. The first-order chi connectivity index (χ1) is 22.2. The van der Waals surface area contributed by atoms with Crippen molar-refractivity contribution >= 4 is 54.8 Å². The SMILES string of the molecule is Brc1ccccc1-c1cccc(N(c2ccc(-c3ccccc3)cc2)c2ccc3c(c2)c2ccccc2n3-c2ccccc2)c1. The van der Waals surface area contributed by atoms with E-state index in [-0.39, 0.29) is 0 Å². The van der Waals surface area contributed by atoms with Crippen molar-refractivity contribution in [2.45, 2.75) is 0 Å². The van der Waals surface area contributed by atoms with E-state index in [1.54, 1.807) is 0 Å². The molecule has 214 valence electrons. The zero-order chi connectivity index (χ0) is 30.2. The molecule has 0 unspecified atom stereocenters. The molecule has 2 nitrogen and oxygen atoms in total. The van der Waals surface area contributed by atoms with Crippen molar-refractivity contribution < 1.29 is 0 Å². The third kappa shape index (κ3) is 5.02. The Labute approximate surface area is 271 Å². The summed E-state index contributed by atoms with van der Waals surface area (Å²) in [5.74, 6) is 0. The number of benzene rings is 7. The van der Waals surface area contributed by atoms with Crippen LogP contribution >= 0.6 is 15.9 Å². The molecular formula is C42H29BrN2. The highest BCUT2D eigenvalue weighted by molar-refractivity contribution is 9.10. The minimum absolute atomic E-state index is 1.08. The molecule has 0 aliphatic heterocycles. The first-order valence-electron chi connectivity index (χ1n) is 15.1. The molecule has 0 saturated heterocycles. The standard InChI is InChI=1S/C42H29BrN2/c43-40-20-9-7-18-37(40)32-14-11-17-35(28-32)44(34-24-22-31(23-25-34)30-12-3-1-4-13-30)36-26-27-42-39(29-36)38-19-8-10-21-41(38)45(42)33-15-5-2-6-16-33/h1-29H. The van der Waals surface area contributed by atoms with E-state index in [9.17, 15) is 0 Å². The van der Waals surface area contributed by atoms with Gasteiger partial charge in [-0.1, -0.05) is 125 Å². The maximum atomic E-state index is 3.77. The quantitative estimate of drug-likeness (QED) is 0.175. The molecule has 8 rings (SSSR count). The second-order valence-corrected chi connectivity index (χ2v) is 12.0. The van der Waals surface area contributed by atoms with E-state index in [1.807, 2.05) is 0 Å². The van der Waals surface area contributed by atoms with E-state index in [2.05, 4.69) is 201 Å². The normalized spacial score (nSPS) is 11.2. The molecule has 0 bridgehead atoms. The number of para-hydroxylation sites is 2. The summed E-state index contributed by atoms with van der Waals surface area (Å²) in [5, 5.41) is 2.46. The zero-order valence-electron chi connectivity index (χ0n) is 24.5. The molecule has 0 fully saturated rings. The summed E-state index contributed by atoms with van der Waals surface area (Å²) in [6, 6.07) is 62.8. The number of halogens is 1. The van der Waals surface area contributed by atoms with E-state index in [1.165, 1.54) is 38.5 Å². The van der Waals surface area contributed by atoms with Gasteiger partial charge in [-0.2, -0.15) is 0 Å². The molecule has 1 aromatic heterocycles. The van der Waals surface area contributed by atoms with E-state index < -0.39 is 0 Å². The molecule has 0 radical (unpaired) electrons. The van der Waals surface area contributed by atoms with Crippen LogP contribution in [-0.2, 0) is 0 Å². The lowest BCUT2D eigenvalue weighted by molar-refractivity contribution is 1.18. The molecule has 0 N–H and O–H groups in total. The van der Waals surface area contributed by atoms with Crippen LogP contribution in [0.3, 0.4) is 0 Å². The van der Waals surface area contributed by atoms with Crippen molar-refractivity contribution in [3.05, 3.63) is 180 Å². The molecule has 0 saturated carbocycles. The highest BCUT2D eigenvalue weighted by Gasteiger charge is 2.18. The minimum atomic E-state index is 1.08. The van der Waals surface area contributed by atoms with Crippen molar-refractivity contribution in [3.8, 4) is 27.9 Å². The zero-order valence-corrected chi connectivity index (χ0v) is 26.1. The number of rotatable bonds is 6. The smallest absolute Gasteiger partial charge is 0.0542 e. The van der Waals surface area contributed by atoms with Crippen molar-refractivity contribution in [1.29, 1.82) is 0 Å². The Morgan fingerprint density at radius 2 is 1.00 bits per heavy atom. The molecule has 45 heavy (non-hydrogen) atoms. The molecule has 0 aliphatic carbocycles. The summed E-state index contributed by atoms with van der Waals surface area (Å²) in [5.41, 5.74) is 11.6. The van der Waals surface area contributed by atoms with Crippen molar-refractivity contribution in [3.63, 3.8) is 0 Å². The van der Waals surface area contributed by atoms with Gasteiger partial charge in [-0.05, 0) is 89.0 Å². The van der Waals surface area contributed by atoms with Crippen LogP contribution in [-0.4, -0.2) is 4.57 Å². The number of hydrogen-bond donors (Lipinski definition) is 0. The van der Waals surface area contributed by atoms with E-state index >= 15 is 0 Å². The Bertz CT molecular complexity index is 2270. The molecule has 1 heterocycles. The van der Waals surface area contributed by atoms with E-state index in [0.29, 0.717) is 0 Å². The van der Waals surface area contributed by atoms with E-state index in [4.69, 9.17) is 0 Å². The van der Waals surface area contributed by atoms with Gasteiger partial charge in [0.1, 0.15) is 0 Å². The van der Waals surface area contributed by atoms with Crippen LogP contribution in [0, 0.1) is 0 Å². The van der Waals surface area contributed by atoms with Gasteiger partial charge >= 0.3 is 0 Å². The van der Waals surface area contributed by atoms with Gasteiger partial charge in [0.15, 0.2) is 0 Å². The predicted octanol–water partition coefficient (Wildman–Crippen LogP) is 12.3. The molecule has 0 atom stereocenters. The number of anilines is 3. The topological polar surface area (TPSA) is 8.17 Å². The first-order valence-corrected chi connectivity index (χ1v) is 15.9. The average Bonchev–Trinajstić information content (AvgIpc) is 3.44. The van der Waals surface area contributed by atoms with Crippen LogP contribution in [0.25, 0.3) is 49.7 Å². The fourth-order valence-electron chi connectivity index (χ4n) is 6.34. The first kappa shape index (κ1) is 27.2. The number of aromatic nitrogens is 1. The predicted molar refractivity (Wildman–Crippen MR) is 194 cm³/mol. The van der Waals surface area contributed by atoms with Crippen LogP contribution in [0.15, 0.2) is 180 Å². The molecule has 7 aromatic carbocycles. The largest absolute Gasteiger partial charge is 0.310 e. The lowest BCUT2D eigenvalue weighted by atomic mass is 10.0. The van der Waals surface area contributed by atoms with Gasteiger partial charge in [-0.3, -0.25) is 0 Å². The van der Waals surface area contributed by atoms with E-state index in [0.717, 1.165) is 32.8 Å². The van der Waals surface area contributed by atoms with Gasteiger partial charge in [0.05, 0.1) is 11.0 Å². The van der Waals surface area contributed by atoms with Crippen LogP contribution in [0.5, 0.6) is 0 Å². The van der Waals surface area contributed by atoms with Crippen LogP contribution in [0.1, 0.15) is 0 Å². The number of hydrogen-bond acceptors (Lipinski definition) is 1. The van der Waals surface area contributed by atoms with Gasteiger partial charge < -0.3 is 9.47 Å². The highest BCUT2D eigenvalue weighted by Crippen LogP contribution is 2.41. The lowest BCUT2D eigenvalue weighted by Crippen LogP contribution is -2.10. The summed E-state index contributed by atoms with van der Waals surface area (Å²) in [6.45, 7) is 0. The van der Waals surface area contributed by atoms with Gasteiger partial charge in [0.25, 0.3) is 0 Å². The molecule has 0 aliphatic rings. The Kier molecular flexibility index (Phi) is 7.01.